The number of carbonyl (C=O) groups is 1. The summed E-state index contributed by atoms with van der Waals surface area (Å²) in [6.45, 7) is 5.01. The number of hydrogen-bond donors (Lipinski definition) is 1. The van der Waals surface area contributed by atoms with Gasteiger partial charge in [0.25, 0.3) is 5.91 Å². The molecule has 1 saturated heterocycles. The second-order valence-electron chi connectivity index (χ2n) is 4.75. The Morgan fingerprint density at radius 3 is 3.00 bits per heavy atom. The number of thiophene rings is 1. The number of carbonyl (C=O) groups excluding carboxylic acids is 1. The van der Waals surface area contributed by atoms with E-state index in [1.54, 1.807) is 6.08 Å². The van der Waals surface area contributed by atoms with E-state index in [4.69, 9.17) is 10.00 Å². The molecule has 112 valence electrons. The van der Waals surface area contributed by atoms with Crippen molar-refractivity contribution >= 4 is 23.3 Å². The SMILES string of the molecule is N#CC(=Cc1cccs1)C(=O)NCCCN1CCOCC1. The molecule has 1 N–H and O–H groups in total. The van der Waals surface area contributed by atoms with Crippen LogP contribution in [0.5, 0.6) is 0 Å². The first-order valence-corrected chi connectivity index (χ1v) is 7.91. The molecule has 0 radical (unpaired) electrons. The van der Waals surface area contributed by atoms with Crippen molar-refractivity contribution in [3.8, 4) is 6.07 Å². The molecule has 0 bridgehead atoms. The van der Waals surface area contributed by atoms with Crippen molar-refractivity contribution in [2.75, 3.05) is 39.4 Å². The van der Waals surface area contributed by atoms with Crippen LogP contribution >= 0.6 is 11.3 Å². The van der Waals surface area contributed by atoms with Crippen molar-refractivity contribution in [1.29, 1.82) is 5.26 Å². The van der Waals surface area contributed by atoms with Crippen molar-refractivity contribution in [2.24, 2.45) is 0 Å². The van der Waals surface area contributed by atoms with E-state index < -0.39 is 0 Å². The lowest BCUT2D eigenvalue weighted by atomic mass is 10.2. The minimum absolute atomic E-state index is 0.156. The normalized spacial score (nSPS) is 16.4. The second-order valence-corrected chi connectivity index (χ2v) is 5.73. The van der Waals surface area contributed by atoms with E-state index in [1.165, 1.54) is 11.3 Å². The summed E-state index contributed by atoms with van der Waals surface area (Å²) >= 11 is 1.51. The lowest BCUT2D eigenvalue weighted by Gasteiger charge is -2.26. The van der Waals surface area contributed by atoms with E-state index in [9.17, 15) is 4.79 Å². The average molecular weight is 305 g/mol. The van der Waals surface area contributed by atoms with Crippen LogP contribution in [0.15, 0.2) is 23.1 Å². The summed E-state index contributed by atoms with van der Waals surface area (Å²) in [5.74, 6) is -0.298. The van der Waals surface area contributed by atoms with Gasteiger partial charge in [-0.1, -0.05) is 6.07 Å². The molecule has 1 amide bonds. The molecular weight excluding hydrogens is 286 g/mol. The predicted molar refractivity (Wildman–Crippen MR) is 82.8 cm³/mol. The third kappa shape index (κ3) is 5.31. The fourth-order valence-corrected chi connectivity index (χ4v) is 2.75. The van der Waals surface area contributed by atoms with Gasteiger partial charge in [-0.05, 0) is 30.5 Å². The van der Waals surface area contributed by atoms with Gasteiger partial charge in [-0.15, -0.1) is 11.3 Å². The smallest absolute Gasteiger partial charge is 0.261 e. The van der Waals surface area contributed by atoms with Gasteiger partial charge in [-0.2, -0.15) is 5.26 Å². The standard InChI is InChI=1S/C15H19N3O2S/c16-12-13(11-14-3-1-10-21-14)15(19)17-4-2-5-18-6-8-20-9-7-18/h1,3,10-11H,2,4-9H2,(H,17,19). The number of nitrogens with zero attached hydrogens (tertiary/aromatic N) is 2. The van der Waals surface area contributed by atoms with Crippen molar-refractivity contribution in [3.05, 3.63) is 28.0 Å². The number of morpholine rings is 1. The summed E-state index contributed by atoms with van der Waals surface area (Å²) < 4.78 is 5.29. The van der Waals surface area contributed by atoms with Gasteiger partial charge in [-0.3, -0.25) is 9.69 Å². The molecule has 2 rings (SSSR count). The van der Waals surface area contributed by atoms with Crippen LogP contribution in [0.25, 0.3) is 6.08 Å². The maximum Gasteiger partial charge on any atom is 0.261 e. The molecule has 1 aliphatic heterocycles. The number of amides is 1. The molecule has 0 spiro atoms. The molecule has 2 heterocycles. The van der Waals surface area contributed by atoms with Gasteiger partial charge in [-0.25, -0.2) is 0 Å². The number of nitrogens with one attached hydrogen (secondary N) is 1. The fourth-order valence-electron chi connectivity index (χ4n) is 2.09. The number of ether oxygens (including phenoxy) is 1. The molecule has 21 heavy (non-hydrogen) atoms. The first kappa shape index (κ1) is 15.7. The molecule has 5 nitrogen and oxygen atoms in total. The highest BCUT2D eigenvalue weighted by Gasteiger charge is 2.11. The van der Waals surface area contributed by atoms with E-state index >= 15 is 0 Å². The summed E-state index contributed by atoms with van der Waals surface area (Å²) in [7, 11) is 0. The number of nitriles is 1. The molecular formula is C15H19N3O2S. The first-order valence-electron chi connectivity index (χ1n) is 7.03. The van der Waals surface area contributed by atoms with Gasteiger partial charge in [0, 0.05) is 24.5 Å². The molecule has 6 heteroatoms. The quantitative estimate of drug-likeness (QED) is 0.491. The summed E-state index contributed by atoms with van der Waals surface area (Å²) in [4.78, 5) is 15.2. The number of rotatable bonds is 6. The maximum absolute atomic E-state index is 11.9. The summed E-state index contributed by atoms with van der Waals surface area (Å²) in [6, 6.07) is 5.74. The van der Waals surface area contributed by atoms with Crippen LogP contribution in [0.3, 0.4) is 0 Å². The molecule has 0 unspecified atom stereocenters. The third-order valence-electron chi connectivity index (χ3n) is 3.24. The number of hydrogen-bond acceptors (Lipinski definition) is 5. The highest BCUT2D eigenvalue weighted by molar-refractivity contribution is 7.10. The zero-order valence-corrected chi connectivity index (χ0v) is 12.7. The second kappa shape index (κ2) is 8.57. The van der Waals surface area contributed by atoms with Gasteiger partial charge in [0.15, 0.2) is 0 Å². The van der Waals surface area contributed by atoms with E-state index in [0.29, 0.717) is 6.54 Å². The minimum Gasteiger partial charge on any atom is -0.379 e. The first-order chi connectivity index (χ1) is 10.3. The Hall–Kier alpha value is -1.68. The Morgan fingerprint density at radius 1 is 1.52 bits per heavy atom. The highest BCUT2D eigenvalue weighted by atomic mass is 32.1. The molecule has 1 fully saturated rings. The Morgan fingerprint density at radius 2 is 2.33 bits per heavy atom. The summed E-state index contributed by atoms with van der Waals surface area (Å²) in [6.07, 6.45) is 2.51. The van der Waals surface area contributed by atoms with E-state index in [-0.39, 0.29) is 11.5 Å². The van der Waals surface area contributed by atoms with Crippen LogP contribution in [0.4, 0.5) is 0 Å². The molecule has 0 saturated carbocycles. The van der Waals surface area contributed by atoms with Crippen LogP contribution < -0.4 is 5.32 Å². The zero-order chi connectivity index (χ0) is 14.9. The van der Waals surface area contributed by atoms with Crippen LogP contribution in [0, 0.1) is 11.3 Å². The van der Waals surface area contributed by atoms with Crippen LogP contribution in [-0.4, -0.2) is 50.2 Å². The van der Waals surface area contributed by atoms with Crippen LogP contribution in [0.1, 0.15) is 11.3 Å². The fraction of sp³-hybridized carbons (Fsp3) is 0.467. The predicted octanol–water partition coefficient (Wildman–Crippen LogP) is 1.49. The van der Waals surface area contributed by atoms with E-state index in [1.807, 2.05) is 23.6 Å². The van der Waals surface area contributed by atoms with Gasteiger partial charge >= 0.3 is 0 Å². The monoisotopic (exact) mass is 305 g/mol. The topological polar surface area (TPSA) is 65.4 Å². The molecule has 1 aromatic rings. The van der Waals surface area contributed by atoms with Gasteiger partial charge in [0.05, 0.1) is 13.2 Å². The molecule has 1 aliphatic rings. The molecule has 0 atom stereocenters. The largest absolute Gasteiger partial charge is 0.379 e. The minimum atomic E-state index is -0.298. The highest BCUT2D eigenvalue weighted by Crippen LogP contribution is 2.13. The Balaban J connectivity index is 1.72. The Labute approximate surface area is 128 Å². The van der Waals surface area contributed by atoms with E-state index in [2.05, 4.69) is 10.2 Å². The van der Waals surface area contributed by atoms with Crippen LogP contribution in [-0.2, 0) is 9.53 Å². The molecule has 0 aliphatic carbocycles. The van der Waals surface area contributed by atoms with Gasteiger partial charge in [0.1, 0.15) is 11.6 Å². The summed E-state index contributed by atoms with van der Waals surface area (Å²) in [5.41, 5.74) is 0.156. The van der Waals surface area contributed by atoms with Crippen LogP contribution in [0.2, 0.25) is 0 Å². The van der Waals surface area contributed by atoms with Crippen molar-refractivity contribution in [2.45, 2.75) is 6.42 Å². The van der Waals surface area contributed by atoms with Gasteiger partial charge in [0.2, 0.25) is 0 Å². The van der Waals surface area contributed by atoms with Gasteiger partial charge < -0.3 is 10.1 Å². The third-order valence-corrected chi connectivity index (χ3v) is 4.05. The van der Waals surface area contributed by atoms with Crippen molar-refractivity contribution < 1.29 is 9.53 Å². The van der Waals surface area contributed by atoms with Crippen molar-refractivity contribution in [3.63, 3.8) is 0 Å². The Bertz CT molecular complexity index is 514. The van der Waals surface area contributed by atoms with E-state index in [0.717, 1.165) is 44.1 Å². The summed E-state index contributed by atoms with van der Waals surface area (Å²) in [5, 5.41) is 13.8. The maximum atomic E-state index is 11.9. The average Bonchev–Trinajstić information content (AvgIpc) is 3.03. The molecule has 0 aromatic carbocycles. The molecule has 1 aromatic heterocycles. The zero-order valence-electron chi connectivity index (χ0n) is 11.9. The lowest BCUT2D eigenvalue weighted by molar-refractivity contribution is -0.117. The van der Waals surface area contributed by atoms with Crippen molar-refractivity contribution in [1.82, 2.24) is 10.2 Å². The lowest BCUT2D eigenvalue weighted by Crippen LogP contribution is -2.38. The Kier molecular flexibility index (Phi) is 6.41.